The summed E-state index contributed by atoms with van der Waals surface area (Å²) in [6.45, 7) is 9.71. The van der Waals surface area contributed by atoms with Crippen LogP contribution in [-0.2, 0) is 0 Å². The number of allylic oxidation sites excluding steroid dienone is 2. The molecule has 0 spiro atoms. The van der Waals surface area contributed by atoms with E-state index in [4.69, 9.17) is 10.00 Å². The van der Waals surface area contributed by atoms with Crippen LogP contribution >= 0.6 is 0 Å². The predicted octanol–water partition coefficient (Wildman–Crippen LogP) is 2.60. The fourth-order valence-corrected chi connectivity index (χ4v) is 1.14. The summed E-state index contributed by atoms with van der Waals surface area (Å²) >= 11 is 0. The number of pyridine rings is 1. The number of rotatable bonds is 5. The SMILES string of the molecule is C=C(C#N)/N=C/C(=C)c1cccnc1OCC. The molecule has 0 N–H and O–H groups in total. The van der Waals surface area contributed by atoms with Gasteiger partial charge in [-0.1, -0.05) is 13.2 Å². The molecular weight excluding hydrogens is 214 g/mol. The number of nitriles is 1. The number of hydrogen-bond donors (Lipinski definition) is 0. The third-order valence-corrected chi connectivity index (χ3v) is 1.90. The second-order valence-electron chi connectivity index (χ2n) is 3.13. The van der Waals surface area contributed by atoms with Crippen LogP contribution in [0.2, 0.25) is 0 Å². The summed E-state index contributed by atoms with van der Waals surface area (Å²) < 4.78 is 5.37. The van der Waals surface area contributed by atoms with Gasteiger partial charge in [0.1, 0.15) is 11.8 Å². The van der Waals surface area contributed by atoms with E-state index < -0.39 is 0 Å². The maximum Gasteiger partial charge on any atom is 0.221 e. The molecule has 0 fully saturated rings. The molecule has 0 saturated heterocycles. The van der Waals surface area contributed by atoms with Gasteiger partial charge in [-0.3, -0.25) is 0 Å². The van der Waals surface area contributed by atoms with Gasteiger partial charge in [0.2, 0.25) is 5.88 Å². The predicted molar refractivity (Wildman–Crippen MR) is 67.7 cm³/mol. The highest BCUT2D eigenvalue weighted by Crippen LogP contribution is 2.21. The number of hydrogen-bond acceptors (Lipinski definition) is 4. The molecule has 1 aromatic rings. The van der Waals surface area contributed by atoms with Crippen LogP contribution in [-0.4, -0.2) is 17.8 Å². The van der Waals surface area contributed by atoms with E-state index in [1.807, 2.05) is 19.1 Å². The summed E-state index contributed by atoms with van der Waals surface area (Å²) in [5.74, 6) is 0.508. The number of nitrogens with zero attached hydrogens (tertiary/aromatic N) is 3. The Hall–Kier alpha value is -2.41. The normalized spacial score (nSPS) is 9.88. The Kier molecular flexibility index (Phi) is 4.64. The zero-order valence-corrected chi connectivity index (χ0v) is 9.68. The smallest absolute Gasteiger partial charge is 0.221 e. The Bertz CT molecular complexity index is 498. The molecule has 0 aliphatic heterocycles. The molecule has 0 bridgehead atoms. The van der Waals surface area contributed by atoms with Crippen molar-refractivity contribution in [2.75, 3.05) is 6.61 Å². The van der Waals surface area contributed by atoms with Crippen LogP contribution in [0.3, 0.4) is 0 Å². The van der Waals surface area contributed by atoms with Gasteiger partial charge in [0.15, 0.2) is 0 Å². The molecule has 1 rings (SSSR count). The lowest BCUT2D eigenvalue weighted by Crippen LogP contribution is -1.98. The van der Waals surface area contributed by atoms with Crippen molar-refractivity contribution in [3.05, 3.63) is 42.7 Å². The molecular formula is C13H13N3O. The first-order valence-electron chi connectivity index (χ1n) is 5.09. The minimum atomic E-state index is 0.132. The van der Waals surface area contributed by atoms with E-state index in [1.165, 1.54) is 6.21 Å². The first kappa shape index (κ1) is 12.7. The Labute approximate surface area is 101 Å². The Morgan fingerprint density at radius 3 is 3.06 bits per heavy atom. The molecule has 0 saturated carbocycles. The van der Waals surface area contributed by atoms with Crippen molar-refractivity contribution in [3.8, 4) is 11.9 Å². The van der Waals surface area contributed by atoms with Crippen LogP contribution in [0.25, 0.3) is 5.57 Å². The molecule has 17 heavy (non-hydrogen) atoms. The first-order valence-corrected chi connectivity index (χ1v) is 5.09. The van der Waals surface area contributed by atoms with Crippen molar-refractivity contribution in [2.24, 2.45) is 4.99 Å². The van der Waals surface area contributed by atoms with Crippen molar-refractivity contribution in [2.45, 2.75) is 6.92 Å². The highest BCUT2D eigenvalue weighted by molar-refractivity contribution is 6.10. The zero-order chi connectivity index (χ0) is 12.7. The van der Waals surface area contributed by atoms with E-state index in [0.717, 1.165) is 5.56 Å². The summed E-state index contributed by atoms with van der Waals surface area (Å²) in [6, 6.07) is 5.45. The maximum atomic E-state index is 8.53. The average molecular weight is 227 g/mol. The van der Waals surface area contributed by atoms with Crippen LogP contribution < -0.4 is 4.74 Å². The molecule has 4 nitrogen and oxygen atoms in total. The monoisotopic (exact) mass is 227 g/mol. The molecule has 86 valence electrons. The number of ether oxygens (including phenoxy) is 1. The van der Waals surface area contributed by atoms with E-state index in [0.29, 0.717) is 18.1 Å². The second-order valence-corrected chi connectivity index (χ2v) is 3.13. The number of aromatic nitrogens is 1. The van der Waals surface area contributed by atoms with Gasteiger partial charge in [0.05, 0.1) is 6.61 Å². The fourth-order valence-electron chi connectivity index (χ4n) is 1.14. The second kappa shape index (κ2) is 6.23. The molecule has 0 aliphatic carbocycles. The molecule has 0 aromatic carbocycles. The number of aliphatic imine (C=N–C) groups is 1. The third kappa shape index (κ3) is 3.58. The van der Waals surface area contributed by atoms with Gasteiger partial charge in [0, 0.05) is 18.0 Å². The van der Waals surface area contributed by atoms with E-state index >= 15 is 0 Å². The van der Waals surface area contributed by atoms with E-state index in [-0.39, 0.29) is 5.70 Å². The molecule has 4 heteroatoms. The van der Waals surface area contributed by atoms with E-state index in [9.17, 15) is 0 Å². The first-order chi connectivity index (χ1) is 8.19. The minimum absolute atomic E-state index is 0.132. The Balaban J connectivity index is 2.93. The van der Waals surface area contributed by atoms with Gasteiger partial charge < -0.3 is 4.74 Å². The largest absolute Gasteiger partial charge is 0.478 e. The van der Waals surface area contributed by atoms with Crippen molar-refractivity contribution in [1.29, 1.82) is 5.26 Å². The third-order valence-electron chi connectivity index (χ3n) is 1.90. The van der Waals surface area contributed by atoms with Gasteiger partial charge in [0.25, 0.3) is 0 Å². The lowest BCUT2D eigenvalue weighted by atomic mass is 10.1. The molecule has 1 aromatic heterocycles. The highest BCUT2D eigenvalue weighted by Gasteiger charge is 2.05. The minimum Gasteiger partial charge on any atom is -0.478 e. The van der Waals surface area contributed by atoms with E-state index in [2.05, 4.69) is 23.1 Å². The Morgan fingerprint density at radius 1 is 1.65 bits per heavy atom. The summed E-state index contributed by atoms with van der Waals surface area (Å²) in [6.07, 6.45) is 3.12. The van der Waals surface area contributed by atoms with Crippen LogP contribution in [0, 0.1) is 11.3 Å². The maximum absolute atomic E-state index is 8.53. The molecule has 1 heterocycles. The molecule has 0 atom stereocenters. The van der Waals surface area contributed by atoms with Crippen molar-refractivity contribution < 1.29 is 4.74 Å². The van der Waals surface area contributed by atoms with Crippen molar-refractivity contribution in [1.82, 2.24) is 4.98 Å². The van der Waals surface area contributed by atoms with Crippen LogP contribution in [0.5, 0.6) is 5.88 Å². The van der Waals surface area contributed by atoms with Gasteiger partial charge in [-0.2, -0.15) is 5.26 Å². The van der Waals surface area contributed by atoms with Crippen LogP contribution in [0.1, 0.15) is 12.5 Å². The van der Waals surface area contributed by atoms with Gasteiger partial charge >= 0.3 is 0 Å². The lowest BCUT2D eigenvalue weighted by molar-refractivity contribution is 0.326. The average Bonchev–Trinajstić information content (AvgIpc) is 2.36. The van der Waals surface area contributed by atoms with Crippen LogP contribution in [0.15, 0.2) is 42.2 Å². The lowest BCUT2D eigenvalue weighted by Gasteiger charge is -2.07. The quantitative estimate of drug-likeness (QED) is 0.573. The van der Waals surface area contributed by atoms with Gasteiger partial charge in [-0.15, -0.1) is 0 Å². The van der Waals surface area contributed by atoms with E-state index in [1.54, 1.807) is 12.3 Å². The fraction of sp³-hybridized carbons (Fsp3) is 0.154. The molecule has 0 aliphatic rings. The Morgan fingerprint density at radius 2 is 2.41 bits per heavy atom. The summed E-state index contributed by atoms with van der Waals surface area (Å²) in [5, 5.41) is 8.53. The molecule has 0 amide bonds. The highest BCUT2D eigenvalue weighted by atomic mass is 16.5. The summed E-state index contributed by atoms with van der Waals surface area (Å²) in [4.78, 5) is 7.96. The van der Waals surface area contributed by atoms with Gasteiger partial charge in [-0.05, 0) is 24.6 Å². The topological polar surface area (TPSA) is 58.3 Å². The van der Waals surface area contributed by atoms with Crippen molar-refractivity contribution in [3.63, 3.8) is 0 Å². The molecule has 0 radical (unpaired) electrons. The zero-order valence-electron chi connectivity index (χ0n) is 9.68. The summed E-state index contributed by atoms with van der Waals surface area (Å²) in [5.41, 5.74) is 1.51. The van der Waals surface area contributed by atoms with Gasteiger partial charge in [-0.25, -0.2) is 9.98 Å². The standard InChI is InChI=1S/C13H13N3O/c1-4-17-13-12(6-5-7-15-13)10(2)9-16-11(3)8-14/h5-7,9H,2-4H2,1H3/b16-9+. The van der Waals surface area contributed by atoms with Crippen LogP contribution in [0.4, 0.5) is 0 Å². The summed E-state index contributed by atoms with van der Waals surface area (Å²) in [7, 11) is 0. The molecule has 0 unspecified atom stereocenters. The van der Waals surface area contributed by atoms with Crippen molar-refractivity contribution >= 4 is 11.8 Å².